The Morgan fingerprint density at radius 3 is 3.30 bits per heavy atom. The molecule has 2 rings (SSSR count). The molecule has 54 valence electrons. The zero-order valence-corrected chi connectivity index (χ0v) is 5.84. The Bertz CT molecular complexity index is 186. The summed E-state index contributed by atoms with van der Waals surface area (Å²) in [5.74, 6) is 0.617. The molecule has 2 aliphatic rings. The first-order valence-corrected chi connectivity index (χ1v) is 3.83. The maximum atomic E-state index is 11.2. The standard InChI is InChI=1S/C8H11NO/c10-8-3-1-2-7-6(8)4-5-9-7/h4-7,9H,1-3H2. The summed E-state index contributed by atoms with van der Waals surface area (Å²) < 4.78 is 0. The van der Waals surface area contributed by atoms with Crippen molar-refractivity contribution in [1.29, 1.82) is 0 Å². The average Bonchev–Trinajstić information content (AvgIpc) is 2.36. The van der Waals surface area contributed by atoms with E-state index in [2.05, 4.69) is 5.32 Å². The average molecular weight is 137 g/mol. The second-order valence-corrected chi connectivity index (χ2v) is 3.02. The zero-order valence-electron chi connectivity index (χ0n) is 5.84. The predicted molar refractivity (Wildman–Crippen MR) is 38.4 cm³/mol. The van der Waals surface area contributed by atoms with Crippen molar-refractivity contribution in [3.8, 4) is 0 Å². The van der Waals surface area contributed by atoms with Crippen LogP contribution in [0.2, 0.25) is 0 Å². The molecule has 0 radical (unpaired) electrons. The minimum atomic E-state index is 0.203. The number of fused-ring (bicyclic) bond motifs is 1. The Labute approximate surface area is 60.3 Å². The van der Waals surface area contributed by atoms with Crippen LogP contribution < -0.4 is 5.32 Å². The van der Waals surface area contributed by atoms with Gasteiger partial charge in [-0.3, -0.25) is 4.79 Å². The van der Waals surface area contributed by atoms with Gasteiger partial charge < -0.3 is 5.32 Å². The van der Waals surface area contributed by atoms with Gasteiger partial charge in [-0.25, -0.2) is 0 Å². The van der Waals surface area contributed by atoms with E-state index < -0.39 is 0 Å². The molecule has 2 nitrogen and oxygen atoms in total. The van der Waals surface area contributed by atoms with Crippen LogP contribution in [0, 0.1) is 5.92 Å². The summed E-state index contributed by atoms with van der Waals surface area (Å²) in [4.78, 5) is 11.2. The Morgan fingerprint density at radius 2 is 2.50 bits per heavy atom. The summed E-state index contributed by atoms with van der Waals surface area (Å²) >= 11 is 0. The van der Waals surface area contributed by atoms with Gasteiger partial charge in [0.05, 0.1) is 5.92 Å². The fourth-order valence-electron chi connectivity index (χ4n) is 1.78. The first-order chi connectivity index (χ1) is 4.88. The lowest BCUT2D eigenvalue weighted by molar-refractivity contribution is -0.123. The van der Waals surface area contributed by atoms with E-state index in [0.717, 1.165) is 19.3 Å². The number of rotatable bonds is 0. The minimum Gasteiger partial charge on any atom is -0.387 e. The molecule has 1 aliphatic carbocycles. The molecule has 1 heterocycles. The van der Waals surface area contributed by atoms with Gasteiger partial charge in [0.15, 0.2) is 0 Å². The van der Waals surface area contributed by atoms with Crippen molar-refractivity contribution in [3.63, 3.8) is 0 Å². The molecule has 0 saturated heterocycles. The monoisotopic (exact) mass is 137 g/mol. The summed E-state index contributed by atoms with van der Waals surface area (Å²) in [5, 5.41) is 3.19. The number of nitrogens with one attached hydrogen (secondary N) is 1. The van der Waals surface area contributed by atoms with Crippen LogP contribution in [0.1, 0.15) is 19.3 Å². The number of hydrogen-bond acceptors (Lipinski definition) is 2. The van der Waals surface area contributed by atoms with Crippen LogP contribution in [0.15, 0.2) is 12.3 Å². The molecule has 2 atom stereocenters. The van der Waals surface area contributed by atoms with Crippen molar-refractivity contribution in [2.75, 3.05) is 0 Å². The van der Waals surface area contributed by atoms with E-state index in [1.165, 1.54) is 0 Å². The predicted octanol–water partition coefficient (Wildman–Crippen LogP) is 0.841. The van der Waals surface area contributed by atoms with Crippen LogP contribution in [0.4, 0.5) is 0 Å². The van der Waals surface area contributed by atoms with Crippen LogP contribution in [0.3, 0.4) is 0 Å². The molecule has 10 heavy (non-hydrogen) atoms. The summed E-state index contributed by atoms with van der Waals surface area (Å²) in [6, 6.07) is 0.432. The van der Waals surface area contributed by atoms with Gasteiger partial charge in [-0.05, 0) is 19.0 Å². The fourth-order valence-corrected chi connectivity index (χ4v) is 1.78. The Morgan fingerprint density at radius 1 is 1.60 bits per heavy atom. The largest absolute Gasteiger partial charge is 0.387 e. The number of carbonyl (C=O) groups is 1. The molecule has 0 bridgehead atoms. The molecule has 0 spiro atoms. The third-order valence-corrected chi connectivity index (χ3v) is 2.36. The third kappa shape index (κ3) is 0.753. The number of carbonyl (C=O) groups excluding carboxylic acids is 1. The van der Waals surface area contributed by atoms with E-state index in [0.29, 0.717) is 11.8 Å². The maximum Gasteiger partial charge on any atom is 0.141 e. The number of hydrogen-bond donors (Lipinski definition) is 1. The Kier molecular flexibility index (Phi) is 1.26. The molecule has 2 heteroatoms. The lowest BCUT2D eigenvalue weighted by Gasteiger charge is -2.23. The maximum absolute atomic E-state index is 11.2. The van der Waals surface area contributed by atoms with Crippen molar-refractivity contribution in [1.82, 2.24) is 5.32 Å². The van der Waals surface area contributed by atoms with Gasteiger partial charge in [0, 0.05) is 12.5 Å². The normalized spacial score (nSPS) is 37.4. The van der Waals surface area contributed by atoms with Crippen molar-refractivity contribution in [2.24, 2.45) is 5.92 Å². The number of ketones is 1. The van der Waals surface area contributed by atoms with E-state index in [4.69, 9.17) is 0 Å². The van der Waals surface area contributed by atoms with Crippen molar-refractivity contribution in [2.45, 2.75) is 25.3 Å². The molecule has 1 aliphatic heterocycles. The Balaban J connectivity index is 2.16. The van der Waals surface area contributed by atoms with Gasteiger partial charge in [-0.15, -0.1) is 0 Å². The topological polar surface area (TPSA) is 29.1 Å². The SMILES string of the molecule is O=C1CCCC2NC=CC12. The first kappa shape index (κ1) is 5.96. The molecule has 1 N–H and O–H groups in total. The van der Waals surface area contributed by atoms with E-state index in [-0.39, 0.29) is 5.92 Å². The molecule has 0 aromatic carbocycles. The number of Topliss-reactive ketones (excluding diaryl/α,β-unsaturated/α-hetero) is 1. The summed E-state index contributed by atoms with van der Waals surface area (Å²) in [5.41, 5.74) is 0. The highest BCUT2D eigenvalue weighted by atomic mass is 16.1. The third-order valence-electron chi connectivity index (χ3n) is 2.36. The van der Waals surface area contributed by atoms with E-state index >= 15 is 0 Å². The zero-order chi connectivity index (χ0) is 6.97. The van der Waals surface area contributed by atoms with Gasteiger partial charge in [0.1, 0.15) is 5.78 Å². The lowest BCUT2D eigenvalue weighted by Crippen LogP contribution is -2.35. The molecule has 0 aromatic rings. The molecule has 2 unspecified atom stereocenters. The van der Waals surface area contributed by atoms with Gasteiger partial charge in [0.25, 0.3) is 0 Å². The van der Waals surface area contributed by atoms with Crippen LogP contribution in [0.25, 0.3) is 0 Å². The van der Waals surface area contributed by atoms with Gasteiger partial charge in [0.2, 0.25) is 0 Å². The van der Waals surface area contributed by atoms with Crippen molar-refractivity contribution in [3.05, 3.63) is 12.3 Å². The highest BCUT2D eigenvalue weighted by molar-refractivity contribution is 5.84. The summed E-state index contributed by atoms with van der Waals surface area (Å²) in [6.45, 7) is 0. The first-order valence-electron chi connectivity index (χ1n) is 3.83. The Hall–Kier alpha value is -0.790. The van der Waals surface area contributed by atoms with Gasteiger partial charge >= 0.3 is 0 Å². The second-order valence-electron chi connectivity index (χ2n) is 3.02. The van der Waals surface area contributed by atoms with Gasteiger partial charge in [-0.1, -0.05) is 6.08 Å². The highest BCUT2D eigenvalue weighted by Crippen LogP contribution is 2.25. The molecular formula is C8H11NO. The van der Waals surface area contributed by atoms with Crippen LogP contribution in [0.5, 0.6) is 0 Å². The summed E-state index contributed by atoms with van der Waals surface area (Å²) in [6.07, 6.45) is 6.91. The molecular weight excluding hydrogens is 126 g/mol. The van der Waals surface area contributed by atoms with E-state index in [1.807, 2.05) is 12.3 Å². The molecule has 0 amide bonds. The quantitative estimate of drug-likeness (QED) is 0.536. The van der Waals surface area contributed by atoms with Crippen molar-refractivity contribution < 1.29 is 4.79 Å². The summed E-state index contributed by atoms with van der Waals surface area (Å²) in [7, 11) is 0. The van der Waals surface area contributed by atoms with Crippen LogP contribution in [-0.2, 0) is 4.79 Å². The highest BCUT2D eigenvalue weighted by Gasteiger charge is 2.31. The smallest absolute Gasteiger partial charge is 0.141 e. The van der Waals surface area contributed by atoms with Crippen LogP contribution in [-0.4, -0.2) is 11.8 Å². The minimum absolute atomic E-state index is 0.203. The van der Waals surface area contributed by atoms with Crippen molar-refractivity contribution >= 4 is 5.78 Å². The molecule has 1 fully saturated rings. The lowest BCUT2D eigenvalue weighted by atomic mass is 9.85. The van der Waals surface area contributed by atoms with E-state index in [9.17, 15) is 4.79 Å². The molecule has 0 aromatic heterocycles. The fraction of sp³-hybridized carbons (Fsp3) is 0.625. The molecule has 1 saturated carbocycles. The van der Waals surface area contributed by atoms with Crippen LogP contribution >= 0.6 is 0 Å². The van der Waals surface area contributed by atoms with E-state index in [1.54, 1.807) is 0 Å². The van der Waals surface area contributed by atoms with Gasteiger partial charge in [-0.2, -0.15) is 0 Å². The second kappa shape index (κ2) is 2.11.